The predicted molar refractivity (Wildman–Crippen MR) is 59.2 cm³/mol. The highest BCUT2D eigenvalue weighted by molar-refractivity contribution is 6.20. The maximum Gasteiger partial charge on any atom is 0.162 e. The van der Waals surface area contributed by atoms with E-state index in [2.05, 4.69) is 0 Å². The van der Waals surface area contributed by atoms with Crippen LogP contribution in [0.4, 0.5) is 8.78 Å². The Labute approximate surface area is 94.3 Å². The molecule has 3 heteroatoms. The number of benzene rings is 1. The van der Waals surface area contributed by atoms with Gasteiger partial charge in [-0.3, -0.25) is 0 Å². The van der Waals surface area contributed by atoms with Crippen molar-refractivity contribution in [2.75, 3.05) is 0 Å². The minimum Gasteiger partial charge on any atom is -0.204 e. The van der Waals surface area contributed by atoms with Crippen LogP contribution in [0.1, 0.15) is 25.8 Å². The SMILES string of the molecule is CC(Cl)CC(C)Cc1cccc(F)c1F. The standard InChI is InChI=1S/C12H15ClF2/c1-8(6-9(2)13)7-10-4-3-5-11(14)12(10)15/h3-5,8-9H,6-7H2,1-2H3. The van der Waals surface area contributed by atoms with Crippen molar-refractivity contribution in [2.24, 2.45) is 5.92 Å². The van der Waals surface area contributed by atoms with E-state index in [1.165, 1.54) is 6.07 Å². The Morgan fingerprint density at radius 1 is 1.27 bits per heavy atom. The molecule has 84 valence electrons. The maximum atomic E-state index is 13.3. The van der Waals surface area contributed by atoms with Crippen LogP contribution in [0, 0.1) is 17.6 Å². The fraction of sp³-hybridized carbons (Fsp3) is 0.500. The van der Waals surface area contributed by atoms with Gasteiger partial charge in [-0.25, -0.2) is 8.78 Å². The van der Waals surface area contributed by atoms with Gasteiger partial charge in [0.1, 0.15) is 0 Å². The zero-order chi connectivity index (χ0) is 11.4. The first-order valence-corrected chi connectivity index (χ1v) is 5.51. The number of rotatable bonds is 4. The Morgan fingerprint density at radius 2 is 1.93 bits per heavy atom. The van der Waals surface area contributed by atoms with Crippen LogP contribution in [0.3, 0.4) is 0 Å². The largest absolute Gasteiger partial charge is 0.204 e. The Kier molecular flexibility index (Phi) is 4.52. The van der Waals surface area contributed by atoms with Gasteiger partial charge in [-0.15, -0.1) is 11.6 Å². The van der Waals surface area contributed by atoms with E-state index in [4.69, 9.17) is 11.6 Å². The molecule has 0 saturated carbocycles. The first-order valence-electron chi connectivity index (χ1n) is 5.07. The van der Waals surface area contributed by atoms with E-state index in [1.54, 1.807) is 6.07 Å². The molecule has 0 bridgehead atoms. The van der Waals surface area contributed by atoms with Crippen LogP contribution in [-0.2, 0) is 6.42 Å². The van der Waals surface area contributed by atoms with E-state index < -0.39 is 11.6 Å². The highest BCUT2D eigenvalue weighted by atomic mass is 35.5. The Bertz CT molecular complexity index is 323. The molecule has 0 nitrogen and oxygen atoms in total. The molecule has 15 heavy (non-hydrogen) atoms. The van der Waals surface area contributed by atoms with E-state index in [9.17, 15) is 8.78 Å². The van der Waals surface area contributed by atoms with Crippen LogP contribution in [-0.4, -0.2) is 5.38 Å². The van der Waals surface area contributed by atoms with E-state index in [0.29, 0.717) is 12.0 Å². The summed E-state index contributed by atoms with van der Waals surface area (Å²) in [5.74, 6) is -1.25. The molecule has 0 spiro atoms. The van der Waals surface area contributed by atoms with Crippen molar-refractivity contribution < 1.29 is 8.78 Å². The van der Waals surface area contributed by atoms with Gasteiger partial charge in [0, 0.05) is 5.38 Å². The number of halogens is 3. The zero-order valence-corrected chi connectivity index (χ0v) is 9.69. The fourth-order valence-electron chi connectivity index (χ4n) is 1.72. The van der Waals surface area contributed by atoms with Crippen molar-refractivity contribution in [1.29, 1.82) is 0 Å². The molecule has 0 amide bonds. The van der Waals surface area contributed by atoms with Gasteiger partial charge in [0.05, 0.1) is 0 Å². The van der Waals surface area contributed by atoms with Crippen molar-refractivity contribution in [3.63, 3.8) is 0 Å². The second-order valence-electron chi connectivity index (χ2n) is 4.04. The molecule has 0 aliphatic heterocycles. The van der Waals surface area contributed by atoms with Gasteiger partial charge < -0.3 is 0 Å². The van der Waals surface area contributed by atoms with Crippen LogP contribution in [0.25, 0.3) is 0 Å². The molecule has 0 aliphatic carbocycles. The summed E-state index contributed by atoms with van der Waals surface area (Å²) in [5.41, 5.74) is 0.430. The molecule has 1 rings (SSSR count). The lowest BCUT2D eigenvalue weighted by Gasteiger charge is -2.13. The number of hydrogen-bond acceptors (Lipinski definition) is 0. The van der Waals surface area contributed by atoms with Gasteiger partial charge in [0.25, 0.3) is 0 Å². The van der Waals surface area contributed by atoms with Gasteiger partial charge in [-0.05, 0) is 37.3 Å². The number of alkyl halides is 1. The van der Waals surface area contributed by atoms with Gasteiger partial charge in [-0.2, -0.15) is 0 Å². The molecular formula is C12H15ClF2. The normalized spacial score (nSPS) is 15.0. The monoisotopic (exact) mass is 232 g/mol. The molecule has 0 fully saturated rings. The summed E-state index contributed by atoms with van der Waals surface area (Å²) in [7, 11) is 0. The van der Waals surface area contributed by atoms with Crippen molar-refractivity contribution >= 4 is 11.6 Å². The van der Waals surface area contributed by atoms with Crippen LogP contribution in [0.5, 0.6) is 0 Å². The third-order valence-electron chi connectivity index (χ3n) is 2.33. The molecule has 2 atom stereocenters. The Hall–Kier alpha value is -0.630. The third kappa shape index (κ3) is 3.78. The minimum atomic E-state index is -0.779. The second-order valence-corrected chi connectivity index (χ2v) is 4.78. The van der Waals surface area contributed by atoms with Crippen LogP contribution < -0.4 is 0 Å². The molecule has 0 saturated heterocycles. The first-order chi connectivity index (χ1) is 7.00. The van der Waals surface area contributed by atoms with Gasteiger partial charge >= 0.3 is 0 Å². The summed E-state index contributed by atoms with van der Waals surface area (Å²) >= 11 is 5.84. The van der Waals surface area contributed by atoms with Crippen molar-refractivity contribution in [1.82, 2.24) is 0 Å². The van der Waals surface area contributed by atoms with Gasteiger partial charge in [0.15, 0.2) is 11.6 Å². The molecule has 0 aliphatic rings. The van der Waals surface area contributed by atoms with E-state index >= 15 is 0 Å². The zero-order valence-electron chi connectivity index (χ0n) is 8.93. The Balaban J connectivity index is 2.68. The maximum absolute atomic E-state index is 13.3. The Morgan fingerprint density at radius 3 is 2.53 bits per heavy atom. The van der Waals surface area contributed by atoms with E-state index in [0.717, 1.165) is 12.5 Å². The van der Waals surface area contributed by atoms with Crippen molar-refractivity contribution in [3.05, 3.63) is 35.4 Å². The molecule has 0 radical (unpaired) electrons. The van der Waals surface area contributed by atoms with Crippen molar-refractivity contribution in [2.45, 2.75) is 32.1 Å². The molecule has 2 unspecified atom stereocenters. The highest BCUT2D eigenvalue weighted by Gasteiger charge is 2.12. The lowest BCUT2D eigenvalue weighted by molar-refractivity contribution is 0.472. The average Bonchev–Trinajstić information content (AvgIpc) is 2.11. The predicted octanol–water partition coefficient (Wildman–Crippen LogP) is 4.16. The topological polar surface area (TPSA) is 0 Å². The lowest BCUT2D eigenvalue weighted by atomic mass is 9.96. The molecule has 1 aromatic rings. The molecular weight excluding hydrogens is 218 g/mol. The second kappa shape index (κ2) is 5.45. The molecule has 0 aromatic heterocycles. The summed E-state index contributed by atoms with van der Waals surface area (Å²) in [4.78, 5) is 0. The van der Waals surface area contributed by atoms with Crippen LogP contribution >= 0.6 is 11.6 Å². The average molecular weight is 233 g/mol. The summed E-state index contributed by atoms with van der Waals surface area (Å²) < 4.78 is 26.2. The quantitative estimate of drug-likeness (QED) is 0.684. The fourth-order valence-corrected chi connectivity index (χ4v) is 2.02. The highest BCUT2D eigenvalue weighted by Crippen LogP contribution is 2.19. The third-order valence-corrected chi connectivity index (χ3v) is 2.51. The lowest BCUT2D eigenvalue weighted by Crippen LogP contribution is -2.07. The van der Waals surface area contributed by atoms with E-state index in [-0.39, 0.29) is 11.3 Å². The van der Waals surface area contributed by atoms with Crippen molar-refractivity contribution in [3.8, 4) is 0 Å². The summed E-state index contributed by atoms with van der Waals surface area (Å²) in [6, 6.07) is 4.28. The first kappa shape index (κ1) is 12.4. The van der Waals surface area contributed by atoms with E-state index in [1.807, 2.05) is 13.8 Å². The minimum absolute atomic E-state index is 0.0663. The summed E-state index contributed by atoms with van der Waals surface area (Å²) in [5, 5.41) is 0.0663. The van der Waals surface area contributed by atoms with Crippen LogP contribution in [0.2, 0.25) is 0 Å². The summed E-state index contributed by atoms with van der Waals surface area (Å²) in [6.07, 6.45) is 1.33. The van der Waals surface area contributed by atoms with Gasteiger partial charge in [-0.1, -0.05) is 19.1 Å². The molecule has 1 aromatic carbocycles. The molecule has 0 N–H and O–H groups in total. The summed E-state index contributed by atoms with van der Waals surface area (Å²) in [6.45, 7) is 3.89. The molecule has 0 heterocycles. The van der Waals surface area contributed by atoms with Crippen LogP contribution in [0.15, 0.2) is 18.2 Å². The van der Waals surface area contributed by atoms with Gasteiger partial charge in [0.2, 0.25) is 0 Å². The smallest absolute Gasteiger partial charge is 0.162 e. The number of hydrogen-bond donors (Lipinski definition) is 0.